The van der Waals surface area contributed by atoms with Gasteiger partial charge in [0.2, 0.25) is 10.9 Å². The minimum absolute atomic E-state index is 0.0418. The van der Waals surface area contributed by atoms with Gasteiger partial charge in [0.15, 0.2) is 17.3 Å². The van der Waals surface area contributed by atoms with Gasteiger partial charge in [-0.15, -0.1) is 0 Å². The molecule has 0 unspecified atom stereocenters. The molecule has 0 aliphatic carbocycles. The van der Waals surface area contributed by atoms with Gasteiger partial charge in [0.25, 0.3) is 5.91 Å². The molecule has 2 aliphatic heterocycles. The maximum Gasteiger partial charge on any atom is 0.283 e. The number of aryl methyl sites for hydroxylation is 1. The van der Waals surface area contributed by atoms with Crippen molar-refractivity contribution in [1.29, 1.82) is 5.41 Å². The van der Waals surface area contributed by atoms with Gasteiger partial charge in [-0.1, -0.05) is 24.3 Å². The van der Waals surface area contributed by atoms with Crippen molar-refractivity contribution in [3.8, 4) is 17.2 Å². The number of nitrogens with one attached hydrogen (secondary N) is 1. The number of aliphatic imine (C=N–C) groups is 1. The first-order chi connectivity index (χ1) is 15.0. The van der Waals surface area contributed by atoms with Gasteiger partial charge in [-0.05, 0) is 48.0 Å². The van der Waals surface area contributed by atoms with E-state index in [4.69, 9.17) is 19.6 Å². The molecule has 2 aromatic rings. The van der Waals surface area contributed by atoms with Crippen molar-refractivity contribution in [2.24, 2.45) is 10.1 Å². The molecule has 1 amide bonds. The largest absolute Gasteiger partial charge is 0.493 e. The van der Waals surface area contributed by atoms with Crippen LogP contribution in [0.3, 0.4) is 0 Å². The first-order valence-corrected chi connectivity index (χ1v) is 10.1. The van der Waals surface area contributed by atoms with E-state index in [2.05, 4.69) is 10.1 Å². The molecular formula is C22H20N4O4S. The first-order valence-electron chi connectivity index (χ1n) is 9.33. The van der Waals surface area contributed by atoms with E-state index in [9.17, 15) is 4.79 Å². The zero-order chi connectivity index (χ0) is 22.1. The minimum Gasteiger partial charge on any atom is -0.493 e. The van der Waals surface area contributed by atoms with Crippen LogP contribution in [-0.4, -0.2) is 48.3 Å². The number of nitrogens with zero attached hydrogens (tertiary/aromatic N) is 3. The molecule has 31 heavy (non-hydrogen) atoms. The number of hydrazone groups is 1. The molecule has 0 aromatic heterocycles. The quantitative estimate of drug-likeness (QED) is 0.718. The van der Waals surface area contributed by atoms with E-state index in [-0.39, 0.29) is 11.4 Å². The highest BCUT2D eigenvalue weighted by Gasteiger charge is 2.36. The van der Waals surface area contributed by atoms with E-state index in [0.29, 0.717) is 33.0 Å². The fourth-order valence-electron chi connectivity index (χ4n) is 3.27. The Hall–Kier alpha value is -3.59. The Morgan fingerprint density at radius 3 is 2.35 bits per heavy atom. The van der Waals surface area contributed by atoms with E-state index in [1.54, 1.807) is 18.2 Å². The van der Waals surface area contributed by atoms with Gasteiger partial charge in [-0.3, -0.25) is 10.2 Å². The van der Waals surface area contributed by atoms with Gasteiger partial charge < -0.3 is 14.2 Å². The summed E-state index contributed by atoms with van der Waals surface area (Å²) in [7, 11) is 4.55. The van der Waals surface area contributed by atoms with Crippen LogP contribution in [0.1, 0.15) is 16.7 Å². The molecule has 158 valence electrons. The van der Waals surface area contributed by atoms with Crippen LogP contribution in [0.5, 0.6) is 17.2 Å². The van der Waals surface area contributed by atoms with Gasteiger partial charge in [0.1, 0.15) is 5.04 Å². The molecule has 0 spiro atoms. The van der Waals surface area contributed by atoms with E-state index in [0.717, 1.165) is 11.1 Å². The standard InChI is InChI=1S/C22H20N4O4S/c1-12-7-5-6-8-14(12)21-25-26-19(23)15(20(27)24-22(26)31-21)9-13-10-16(28-2)18(30-4)17(11-13)29-3/h5-11,23H,1-4H3. The van der Waals surface area contributed by atoms with Crippen LogP contribution in [0.15, 0.2) is 52.1 Å². The van der Waals surface area contributed by atoms with Crippen molar-refractivity contribution < 1.29 is 19.0 Å². The Bertz CT molecular complexity index is 1160. The summed E-state index contributed by atoms with van der Waals surface area (Å²) in [6.07, 6.45) is 1.57. The van der Waals surface area contributed by atoms with Gasteiger partial charge in [0.05, 0.1) is 26.9 Å². The second-order valence-corrected chi connectivity index (χ2v) is 7.65. The Morgan fingerprint density at radius 2 is 1.74 bits per heavy atom. The number of carbonyl (C=O) groups is 1. The van der Waals surface area contributed by atoms with Crippen molar-refractivity contribution in [2.45, 2.75) is 6.92 Å². The summed E-state index contributed by atoms with van der Waals surface area (Å²) in [5, 5.41) is 15.6. The van der Waals surface area contributed by atoms with Crippen LogP contribution >= 0.6 is 11.8 Å². The van der Waals surface area contributed by atoms with Gasteiger partial charge in [0, 0.05) is 5.56 Å². The summed E-state index contributed by atoms with van der Waals surface area (Å²) in [5.41, 5.74) is 2.73. The third-order valence-corrected chi connectivity index (χ3v) is 5.77. The number of methoxy groups -OCH3 is 3. The molecule has 8 nitrogen and oxygen atoms in total. The fraction of sp³-hybridized carbons (Fsp3) is 0.182. The molecule has 0 saturated heterocycles. The maximum atomic E-state index is 12.7. The normalized spacial score (nSPS) is 16.8. The molecule has 0 bridgehead atoms. The number of ether oxygens (including phenoxy) is 3. The monoisotopic (exact) mass is 436 g/mol. The summed E-state index contributed by atoms with van der Waals surface area (Å²) < 4.78 is 16.1. The van der Waals surface area contributed by atoms with Crippen LogP contribution in [0.4, 0.5) is 0 Å². The molecule has 2 heterocycles. The van der Waals surface area contributed by atoms with Crippen LogP contribution in [0.2, 0.25) is 0 Å². The summed E-state index contributed by atoms with van der Waals surface area (Å²) in [5.74, 6) is 0.799. The molecule has 0 saturated carbocycles. The van der Waals surface area contributed by atoms with E-state index in [1.165, 1.54) is 38.1 Å². The van der Waals surface area contributed by atoms with Crippen LogP contribution in [0.25, 0.3) is 6.08 Å². The average Bonchev–Trinajstić information content (AvgIpc) is 3.19. The number of hydrogen-bond acceptors (Lipinski definition) is 7. The number of amidine groups is 2. The number of amides is 1. The first kappa shape index (κ1) is 20.7. The molecule has 0 radical (unpaired) electrons. The highest BCUT2D eigenvalue weighted by Crippen LogP contribution is 2.39. The number of benzene rings is 2. The Labute approximate surface area is 183 Å². The molecule has 2 aromatic carbocycles. The maximum absolute atomic E-state index is 12.7. The van der Waals surface area contributed by atoms with Crippen molar-refractivity contribution >= 4 is 39.8 Å². The molecule has 1 N–H and O–H groups in total. The fourth-order valence-corrected chi connectivity index (χ4v) is 4.25. The summed E-state index contributed by atoms with van der Waals surface area (Å²) in [6, 6.07) is 11.2. The van der Waals surface area contributed by atoms with Crippen LogP contribution < -0.4 is 14.2 Å². The molecule has 9 heteroatoms. The number of carbonyl (C=O) groups excluding carboxylic acids is 1. The lowest BCUT2D eigenvalue weighted by Crippen LogP contribution is -2.35. The highest BCUT2D eigenvalue weighted by molar-refractivity contribution is 8.27. The average molecular weight is 436 g/mol. The van der Waals surface area contributed by atoms with Crippen LogP contribution in [0, 0.1) is 12.3 Å². The zero-order valence-electron chi connectivity index (χ0n) is 17.4. The zero-order valence-corrected chi connectivity index (χ0v) is 18.2. The highest BCUT2D eigenvalue weighted by atomic mass is 32.2. The SMILES string of the molecule is COc1cc(C=C2C(=N)N3N=C(c4ccccc4C)SC3=NC2=O)cc(OC)c1OC. The molecule has 0 fully saturated rings. The number of hydrogen-bond donors (Lipinski definition) is 1. The number of rotatable bonds is 5. The molecule has 4 rings (SSSR count). The van der Waals surface area contributed by atoms with Gasteiger partial charge in [-0.25, -0.2) is 0 Å². The smallest absolute Gasteiger partial charge is 0.283 e. The van der Waals surface area contributed by atoms with Crippen molar-refractivity contribution in [3.05, 3.63) is 58.7 Å². The van der Waals surface area contributed by atoms with Gasteiger partial charge in [-0.2, -0.15) is 15.1 Å². The van der Waals surface area contributed by atoms with Crippen molar-refractivity contribution in [3.63, 3.8) is 0 Å². The predicted octanol–water partition coefficient (Wildman–Crippen LogP) is 3.69. The minimum atomic E-state index is -0.501. The molecular weight excluding hydrogens is 416 g/mol. The second-order valence-electron chi connectivity index (χ2n) is 6.70. The Morgan fingerprint density at radius 1 is 1.06 bits per heavy atom. The third kappa shape index (κ3) is 3.68. The lowest BCUT2D eigenvalue weighted by Gasteiger charge is -2.20. The van der Waals surface area contributed by atoms with Crippen LogP contribution in [-0.2, 0) is 4.79 Å². The lowest BCUT2D eigenvalue weighted by molar-refractivity contribution is -0.114. The third-order valence-electron chi connectivity index (χ3n) is 4.83. The lowest BCUT2D eigenvalue weighted by atomic mass is 10.1. The summed E-state index contributed by atoms with van der Waals surface area (Å²) >= 11 is 1.28. The Balaban J connectivity index is 1.73. The summed E-state index contributed by atoms with van der Waals surface area (Å²) in [4.78, 5) is 16.9. The van der Waals surface area contributed by atoms with E-state index >= 15 is 0 Å². The van der Waals surface area contributed by atoms with Crippen molar-refractivity contribution in [1.82, 2.24) is 5.01 Å². The Kier molecular flexibility index (Phi) is 5.51. The topological polar surface area (TPSA) is 96.6 Å². The summed E-state index contributed by atoms with van der Waals surface area (Å²) in [6.45, 7) is 1.99. The number of thioether (sulfide) groups is 1. The molecule has 2 aliphatic rings. The van der Waals surface area contributed by atoms with Crippen molar-refractivity contribution in [2.75, 3.05) is 21.3 Å². The second kappa shape index (κ2) is 8.27. The molecule has 0 atom stereocenters. The predicted molar refractivity (Wildman–Crippen MR) is 121 cm³/mol. The van der Waals surface area contributed by atoms with E-state index < -0.39 is 5.91 Å². The van der Waals surface area contributed by atoms with Gasteiger partial charge >= 0.3 is 0 Å². The number of fused-ring (bicyclic) bond motifs is 1. The van der Waals surface area contributed by atoms with E-state index in [1.807, 2.05) is 31.2 Å².